The van der Waals surface area contributed by atoms with Gasteiger partial charge in [0.05, 0.1) is 18.1 Å². The standard InChI is InChI=1S/C28H30N2O4/c1-4-18(2)29-13-14-33-21-8-5-19(6-9-21)17-30-25-12-10-22(32-3)16-24(25)28-27(30)23-11-7-20(31)15-26(23)34-28/h5-12,15-16,18,29,31H,4,13-14,17H2,1-3H3. The van der Waals surface area contributed by atoms with Crippen LogP contribution in [0.5, 0.6) is 17.2 Å². The summed E-state index contributed by atoms with van der Waals surface area (Å²) < 4.78 is 19.8. The van der Waals surface area contributed by atoms with Crippen molar-refractivity contribution in [1.29, 1.82) is 0 Å². The summed E-state index contributed by atoms with van der Waals surface area (Å²) >= 11 is 0. The summed E-state index contributed by atoms with van der Waals surface area (Å²) in [6.45, 7) is 6.50. The van der Waals surface area contributed by atoms with E-state index in [0.717, 1.165) is 57.4 Å². The van der Waals surface area contributed by atoms with Crippen LogP contribution in [0.15, 0.2) is 65.1 Å². The molecule has 0 radical (unpaired) electrons. The van der Waals surface area contributed by atoms with Crippen LogP contribution in [0.2, 0.25) is 0 Å². The third kappa shape index (κ3) is 4.17. The maximum absolute atomic E-state index is 9.93. The Balaban J connectivity index is 1.46. The predicted molar refractivity (Wildman–Crippen MR) is 136 cm³/mol. The van der Waals surface area contributed by atoms with Crippen LogP contribution in [0.1, 0.15) is 25.8 Å². The van der Waals surface area contributed by atoms with Crippen LogP contribution in [0, 0.1) is 0 Å². The Kier molecular flexibility index (Phi) is 6.07. The third-order valence-electron chi connectivity index (χ3n) is 6.40. The van der Waals surface area contributed by atoms with Crippen LogP contribution in [0.25, 0.3) is 33.0 Å². The maximum Gasteiger partial charge on any atom is 0.161 e. The van der Waals surface area contributed by atoms with E-state index in [-0.39, 0.29) is 5.75 Å². The largest absolute Gasteiger partial charge is 0.508 e. The zero-order chi connectivity index (χ0) is 23.7. The van der Waals surface area contributed by atoms with E-state index in [1.807, 2.05) is 30.3 Å². The molecule has 2 N–H and O–H groups in total. The van der Waals surface area contributed by atoms with E-state index in [9.17, 15) is 5.11 Å². The second-order valence-electron chi connectivity index (χ2n) is 8.69. The molecule has 0 saturated heterocycles. The van der Waals surface area contributed by atoms with E-state index in [2.05, 4.69) is 41.9 Å². The average Bonchev–Trinajstić information content (AvgIpc) is 3.36. The molecule has 0 aliphatic rings. The molecule has 6 heteroatoms. The molecule has 2 heterocycles. The first-order valence-corrected chi connectivity index (χ1v) is 11.7. The zero-order valence-corrected chi connectivity index (χ0v) is 19.8. The lowest BCUT2D eigenvalue weighted by Crippen LogP contribution is -2.29. The van der Waals surface area contributed by atoms with Crippen molar-refractivity contribution in [3.8, 4) is 17.2 Å². The lowest BCUT2D eigenvalue weighted by molar-refractivity contribution is 0.306. The fourth-order valence-corrected chi connectivity index (χ4v) is 4.36. The molecule has 176 valence electrons. The Morgan fingerprint density at radius 1 is 1.00 bits per heavy atom. The van der Waals surface area contributed by atoms with Gasteiger partial charge in [-0.05, 0) is 61.4 Å². The Morgan fingerprint density at radius 2 is 1.79 bits per heavy atom. The van der Waals surface area contributed by atoms with Crippen LogP contribution < -0.4 is 14.8 Å². The maximum atomic E-state index is 9.93. The van der Waals surface area contributed by atoms with Gasteiger partial charge < -0.3 is 28.9 Å². The molecule has 0 saturated carbocycles. The number of phenolic OH excluding ortho intramolecular Hbond substituents is 1. The smallest absolute Gasteiger partial charge is 0.161 e. The van der Waals surface area contributed by atoms with Gasteiger partial charge in [0, 0.05) is 36.0 Å². The van der Waals surface area contributed by atoms with E-state index >= 15 is 0 Å². The number of hydrogen-bond acceptors (Lipinski definition) is 5. The highest BCUT2D eigenvalue weighted by atomic mass is 16.5. The fraction of sp³-hybridized carbons (Fsp3) is 0.286. The highest BCUT2D eigenvalue weighted by Crippen LogP contribution is 2.39. The Hall–Kier alpha value is -3.64. The molecule has 34 heavy (non-hydrogen) atoms. The summed E-state index contributed by atoms with van der Waals surface area (Å²) in [6.07, 6.45) is 1.11. The van der Waals surface area contributed by atoms with Gasteiger partial charge in [-0.25, -0.2) is 0 Å². The minimum atomic E-state index is 0.187. The van der Waals surface area contributed by atoms with Gasteiger partial charge in [0.2, 0.25) is 0 Å². The lowest BCUT2D eigenvalue weighted by Gasteiger charge is -2.12. The number of methoxy groups -OCH3 is 1. The molecule has 5 aromatic rings. The highest BCUT2D eigenvalue weighted by Gasteiger charge is 2.19. The SMILES string of the molecule is CCC(C)NCCOc1ccc(Cn2c3ccc(OC)cc3c3oc4cc(O)ccc4c32)cc1. The summed E-state index contributed by atoms with van der Waals surface area (Å²) in [7, 11) is 1.66. The van der Waals surface area contributed by atoms with Crippen molar-refractivity contribution < 1.29 is 19.0 Å². The van der Waals surface area contributed by atoms with Crippen molar-refractivity contribution in [2.75, 3.05) is 20.3 Å². The van der Waals surface area contributed by atoms with Gasteiger partial charge in [0.1, 0.15) is 29.4 Å². The quantitative estimate of drug-likeness (QED) is 0.262. The average molecular weight is 459 g/mol. The zero-order valence-electron chi connectivity index (χ0n) is 19.8. The van der Waals surface area contributed by atoms with Crippen LogP contribution in [-0.2, 0) is 6.54 Å². The third-order valence-corrected chi connectivity index (χ3v) is 6.40. The number of hydrogen-bond donors (Lipinski definition) is 2. The minimum absolute atomic E-state index is 0.187. The summed E-state index contributed by atoms with van der Waals surface area (Å²) in [5.41, 5.74) is 4.70. The summed E-state index contributed by atoms with van der Waals surface area (Å²) in [5, 5.41) is 15.3. The molecule has 2 aromatic heterocycles. The summed E-state index contributed by atoms with van der Waals surface area (Å²) in [5.74, 6) is 1.83. The number of aromatic hydroxyl groups is 1. The molecular weight excluding hydrogens is 428 g/mol. The number of furan rings is 1. The Morgan fingerprint density at radius 3 is 2.56 bits per heavy atom. The summed E-state index contributed by atoms with van der Waals surface area (Å²) in [6, 6.07) is 20.1. The van der Waals surface area contributed by atoms with Gasteiger partial charge >= 0.3 is 0 Å². The first-order valence-electron chi connectivity index (χ1n) is 11.7. The predicted octanol–water partition coefficient (Wildman–Crippen LogP) is 6.07. The second kappa shape index (κ2) is 9.31. The monoisotopic (exact) mass is 458 g/mol. The number of phenols is 1. The molecule has 0 amide bonds. The van der Waals surface area contributed by atoms with E-state index in [1.165, 1.54) is 0 Å². The number of nitrogens with one attached hydrogen (secondary N) is 1. The molecule has 6 nitrogen and oxygen atoms in total. The van der Waals surface area contributed by atoms with Crippen molar-refractivity contribution in [3.05, 3.63) is 66.2 Å². The summed E-state index contributed by atoms with van der Waals surface area (Å²) in [4.78, 5) is 0. The van der Waals surface area contributed by atoms with Crippen LogP contribution in [-0.4, -0.2) is 36.0 Å². The van der Waals surface area contributed by atoms with Gasteiger partial charge in [-0.15, -0.1) is 0 Å². The molecule has 3 aromatic carbocycles. The normalized spacial score (nSPS) is 12.6. The second-order valence-corrected chi connectivity index (χ2v) is 8.69. The number of fused-ring (bicyclic) bond motifs is 5. The minimum Gasteiger partial charge on any atom is -0.508 e. The molecule has 0 spiro atoms. The van der Waals surface area contributed by atoms with Gasteiger partial charge in [0.15, 0.2) is 5.58 Å². The van der Waals surface area contributed by atoms with Crippen molar-refractivity contribution in [2.24, 2.45) is 0 Å². The first kappa shape index (κ1) is 22.2. The highest BCUT2D eigenvalue weighted by molar-refractivity contribution is 6.15. The molecule has 0 aliphatic heterocycles. The van der Waals surface area contributed by atoms with Crippen molar-refractivity contribution >= 4 is 33.0 Å². The molecule has 0 aliphatic carbocycles. The van der Waals surface area contributed by atoms with Crippen molar-refractivity contribution in [1.82, 2.24) is 9.88 Å². The van der Waals surface area contributed by atoms with E-state index in [4.69, 9.17) is 13.9 Å². The van der Waals surface area contributed by atoms with E-state index in [1.54, 1.807) is 19.2 Å². The van der Waals surface area contributed by atoms with Crippen molar-refractivity contribution in [2.45, 2.75) is 32.9 Å². The van der Waals surface area contributed by atoms with Gasteiger partial charge in [-0.1, -0.05) is 19.1 Å². The Labute approximate surface area is 198 Å². The molecule has 1 unspecified atom stereocenters. The topological polar surface area (TPSA) is 68.8 Å². The van der Waals surface area contributed by atoms with Crippen LogP contribution in [0.4, 0.5) is 0 Å². The van der Waals surface area contributed by atoms with E-state index in [0.29, 0.717) is 24.8 Å². The molecule has 5 rings (SSSR count). The number of benzene rings is 3. The fourth-order valence-electron chi connectivity index (χ4n) is 4.36. The van der Waals surface area contributed by atoms with Gasteiger partial charge in [-0.2, -0.15) is 0 Å². The lowest BCUT2D eigenvalue weighted by atomic mass is 10.2. The molecule has 1 atom stereocenters. The molecular formula is C28H30N2O4. The number of aromatic nitrogens is 1. The Bertz CT molecular complexity index is 1430. The van der Waals surface area contributed by atoms with Crippen molar-refractivity contribution in [3.63, 3.8) is 0 Å². The molecule has 0 fully saturated rings. The van der Waals surface area contributed by atoms with Crippen LogP contribution in [0.3, 0.4) is 0 Å². The van der Waals surface area contributed by atoms with Gasteiger partial charge in [0.25, 0.3) is 0 Å². The first-order chi connectivity index (χ1) is 16.6. The number of nitrogens with zero attached hydrogens (tertiary/aromatic N) is 1. The van der Waals surface area contributed by atoms with E-state index < -0.39 is 0 Å². The number of ether oxygens (including phenoxy) is 2. The number of rotatable bonds is 9. The van der Waals surface area contributed by atoms with Crippen LogP contribution >= 0.6 is 0 Å². The molecule has 0 bridgehead atoms. The van der Waals surface area contributed by atoms with Gasteiger partial charge in [-0.3, -0.25) is 0 Å².